The van der Waals surface area contributed by atoms with Crippen molar-refractivity contribution in [2.24, 2.45) is 0 Å². The van der Waals surface area contributed by atoms with Crippen molar-refractivity contribution in [3.05, 3.63) is 28.7 Å². The Bertz CT molecular complexity index is 628. The monoisotopic (exact) mass is 299 g/mol. The lowest BCUT2D eigenvalue weighted by molar-refractivity contribution is 0.0216. The average Bonchev–Trinajstić information content (AvgIpc) is 2.77. The van der Waals surface area contributed by atoms with Crippen LogP contribution in [0.1, 0.15) is 29.1 Å². The predicted molar refractivity (Wildman–Crippen MR) is 71.2 cm³/mol. The number of fused-ring (bicyclic) bond motifs is 1. The van der Waals surface area contributed by atoms with Crippen LogP contribution in [-0.2, 0) is 9.47 Å². The number of methoxy groups -OCH3 is 1. The molecule has 7 nitrogen and oxygen atoms in total. The lowest BCUT2D eigenvalue weighted by Crippen LogP contribution is -2.16. The van der Waals surface area contributed by atoms with Gasteiger partial charge in [-0.1, -0.05) is 11.6 Å². The third-order valence-corrected chi connectivity index (χ3v) is 2.95. The molecular weight excluding hydrogens is 286 g/mol. The standard InChI is InChI=1S/C12H14ClN3O4/c1-7(20-4-3-19-2)11-8(12(17)18)6-14-10-5-9(13)15-16(10)11/h5-7H,3-4H2,1-2H3,(H,17,18). The molecule has 2 aromatic rings. The minimum absolute atomic E-state index is 0.0298. The van der Waals surface area contributed by atoms with Gasteiger partial charge in [-0.15, -0.1) is 0 Å². The number of carboxylic acids is 1. The molecule has 0 saturated carbocycles. The number of hydrogen-bond donors (Lipinski definition) is 1. The number of carboxylic acid groups (broad SMARTS) is 1. The van der Waals surface area contributed by atoms with E-state index in [4.69, 9.17) is 21.1 Å². The fourth-order valence-corrected chi connectivity index (χ4v) is 2.04. The zero-order chi connectivity index (χ0) is 14.7. The first-order chi connectivity index (χ1) is 9.54. The van der Waals surface area contributed by atoms with E-state index in [0.29, 0.717) is 24.6 Å². The summed E-state index contributed by atoms with van der Waals surface area (Å²) in [6.07, 6.45) is 0.791. The second-order valence-electron chi connectivity index (χ2n) is 4.11. The van der Waals surface area contributed by atoms with Gasteiger partial charge in [-0.05, 0) is 6.92 Å². The lowest BCUT2D eigenvalue weighted by Gasteiger charge is -2.16. The Kier molecular flexibility index (Phi) is 4.53. The highest BCUT2D eigenvalue weighted by atomic mass is 35.5. The number of hydrogen-bond acceptors (Lipinski definition) is 5. The highest BCUT2D eigenvalue weighted by molar-refractivity contribution is 6.29. The molecule has 0 bridgehead atoms. The van der Waals surface area contributed by atoms with E-state index >= 15 is 0 Å². The maximum absolute atomic E-state index is 11.3. The van der Waals surface area contributed by atoms with Crippen molar-refractivity contribution < 1.29 is 19.4 Å². The van der Waals surface area contributed by atoms with Crippen LogP contribution in [0.2, 0.25) is 5.15 Å². The summed E-state index contributed by atoms with van der Waals surface area (Å²) in [5.74, 6) is -1.09. The van der Waals surface area contributed by atoms with Crippen LogP contribution < -0.4 is 0 Å². The molecule has 1 unspecified atom stereocenters. The summed E-state index contributed by atoms with van der Waals surface area (Å²) in [5, 5.41) is 13.5. The highest BCUT2D eigenvalue weighted by Crippen LogP contribution is 2.23. The summed E-state index contributed by atoms with van der Waals surface area (Å²) < 4.78 is 11.8. The summed E-state index contributed by atoms with van der Waals surface area (Å²) in [6.45, 7) is 2.50. The van der Waals surface area contributed by atoms with Gasteiger partial charge in [-0.25, -0.2) is 14.3 Å². The van der Waals surface area contributed by atoms with E-state index in [0.717, 1.165) is 0 Å². The molecule has 0 aliphatic heterocycles. The molecule has 0 radical (unpaired) electrons. The van der Waals surface area contributed by atoms with Crippen LogP contribution in [0.3, 0.4) is 0 Å². The Morgan fingerprint density at radius 3 is 2.95 bits per heavy atom. The molecule has 1 atom stereocenters. The SMILES string of the molecule is COCCOC(C)c1c(C(=O)O)cnc2cc(Cl)nn12. The quantitative estimate of drug-likeness (QED) is 0.819. The zero-order valence-corrected chi connectivity index (χ0v) is 11.8. The second-order valence-corrected chi connectivity index (χ2v) is 4.49. The number of aromatic nitrogens is 3. The van der Waals surface area contributed by atoms with E-state index in [1.165, 1.54) is 10.7 Å². The minimum Gasteiger partial charge on any atom is -0.478 e. The molecule has 2 rings (SSSR count). The van der Waals surface area contributed by atoms with Gasteiger partial charge in [0.15, 0.2) is 10.8 Å². The smallest absolute Gasteiger partial charge is 0.339 e. The number of carbonyl (C=O) groups is 1. The first-order valence-electron chi connectivity index (χ1n) is 5.92. The largest absolute Gasteiger partial charge is 0.478 e. The van der Waals surface area contributed by atoms with Gasteiger partial charge in [0.05, 0.1) is 25.0 Å². The van der Waals surface area contributed by atoms with E-state index < -0.39 is 12.1 Å². The van der Waals surface area contributed by atoms with Crippen LogP contribution in [0.25, 0.3) is 5.65 Å². The first kappa shape index (κ1) is 14.7. The van der Waals surface area contributed by atoms with Gasteiger partial charge in [-0.2, -0.15) is 5.10 Å². The van der Waals surface area contributed by atoms with E-state index in [2.05, 4.69) is 10.1 Å². The van der Waals surface area contributed by atoms with Gasteiger partial charge in [0.25, 0.3) is 0 Å². The molecule has 0 saturated heterocycles. The maximum Gasteiger partial charge on any atom is 0.339 e. The Balaban J connectivity index is 2.46. The van der Waals surface area contributed by atoms with Crippen molar-refractivity contribution in [2.45, 2.75) is 13.0 Å². The van der Waals surface area contributed by atoms with Crippen LogP contribution in [0.15, 0.2) is 12.3 Å². The molecule has 8 heteroatoms. The van der Waals surface area contributed by atoms with Crippen LogP contribution in [0.5, 0.6) is 0 Å². The third-order valence-electron chi connectivity index (χ3n) is 2.76. The molecule has 0 aliphatic rings. The summed E-state index contributed by atoms with van der Waals surface area (Å²) in [6, 6.07) is 1.55. The summed E-state index contributed by atoms with van der Waals surface area (Å²) >= 11 is 5.84. The summed E-state index contributed by atoms with van der Waals surface area (Å²) in [7, 11) is 1.56. The lowest BCUT2D eigenvalue weighted by atomic mass is 10.1. The topological polar surface area (TPSA) is 86.0 Å². The zero-order valence-electron chi connectivity index (χ0n) is 11.0. The van der Waals surface area contributed by atoms with Crippen molar-refractivity contribution in [3.63, 3.8) is 0 Å². The van der Waals surface area contributed by atoms with Crippen LogP contribution in [0.4, 0.5) is 0 Å². The number of halogens is 1. The fourth-order valence-electron chi connectivity index (χ4n) is 1.87. The average molecular weight is 300 g/mol. The van der Waals surface area contributed by atoms with Gasteiger partial charge < -0.3 is 14.6 Å². The molecule has 0 spiro atoms. The molecule has 2 aromatic heterocycles. The molecule has 20 heavy (non-hydrogen) atoms. The predicted octanol–water partition coefficient (Wildman–Crippen LogP) is 1.80. The van der Waals surface area contributed by atoms with E-state index in [1.54, 1.807) is 20.1 Å². The van der Waals surface area contributed by atoms with Gasteiger partial charge in [0.2, 0.25) is 0 Å². The molecular formula is C12H14ClN3O4. The number of ether oxygens (including phenoxy) is 2. The van der Waals surface area contributed by atoms with Gasteiger partial charge in [0.1, 0.15) is 5.56 Å². The summed E-state index contributed by atoms with van der Waals surface area (Å²) in [5.41, 5.74) is 0.893. The second kappa shape index (κ2) is 6.17. The van der Waals surface area contributed by atoms with Crippen LogP contribution in [-0.4, -0.2) is 46.0 Å². The number of aromatic carboxylic acids is 1. The molecule has 0 aromatic carbocycles. The van der Waals surface area contributed by atoms with Gasteiger partial charge in [0, 0.05) is 19.4 Å². The Hall–Kier alpha value is -1.70. The van der Waals surface area contributed by atoms with E-state index in [1.807, 2.05) is 0 Å². The molecule has 1 N–H and O–H groups in total. The Morgan fingerprint density at radius 1 is 1.55 bits per heavy atom. The van der Waals surface area contributed by atoms with E-state index in [-0.39, 0.29) is 10.7 Å². The van der Waals surface area contributed by atoms with Crippen LogP contribution >= 0.6 is 11.6 Å². The van der Waals surface area contributed by atoms with Crippen molar-refractivity contribution in [1.29, 1.82) is 0 Å². The molecule has 0 aliphatic carbocycles. The van der Waals surface area contributed by atoms with E-state index in [9.17, 15) is 9.90 Å². The molecule has 108 valence electrons. The Morgan fingerprint density at radius 2 is 2.30 bits per heavy atom. The fraction of sp³-hybridized carbons (Fsp3) is 0.417. The summed E-state index contributed by atoms with van der Waals surface area (Å²) in [4.78, 5) is 15.3. The number of nitrogens with zero attached hydrogens (tertiary/aromatic N) is 3. The normalized spacial score (nSPS) is 12.8. The number of rotatable bonds is 6. The molecule has 0 fully saturated rings. The van der Waals surface area contributed by atoms with Gasteiger partial charge >= 0.3 is 5.97 Å². The molecule has 0 amide bonds. The third kappa shape index (κ3) is 2.90. The van der Waals surface area contributed by atoms with Gasteiger partial charge in [-0.3, -0.25) is 0 Å². The molecule has 2 heterocycles. The van der Waals surface area contributed by atoms with Crippen molar-refractivity contribution >= 4 is 23.2 Å². The highest BCUT2D eigenvalue weighted by Gasteiger charge is 2.21. The Labute approximate surface area is 120 Å². The first-order valence-corrected chi connectivity index (χ1v) is 6.30. The van der Waals surface area contributed by atoms with Crippen molar-refractivity contribution in [1.82, 2.24) is 14.6 Å². The van der Waals surface area contributed by atoms with Crippen molar-refractivity contribution in [2.75, 3.05) is 20.3 Å². The van der Waals surface area contributed by atoms with Crippen LogP contribution in [0, 0.1) is 0 Å². The minimum atomic E-state index is -1.09. The van der Waals surface area contributed by atoms with Crippen molar-refractivity contribution in [3.8, 4) is 0 Å². The maximum atomic E-state index is 11.3.